The van der Waals surface area contributed by atoms with E-state index in [1.807, 2.05) is 6.92 Å². The van der Waals surface area contributed by atoms with Crippen molar-refractivity contribution in [1.29, 1.82) is 0 Å². The van der Waals surface area contributed by atoms with Gasteiger partial charge in [-0.15, -0.1) is 0 Å². The van der Waals surface area contributed by atoms with Gasteiger partial charge in [0.05, 0.1) is 6.26 Å². The highest BCUT2D eigenvalue weighted by atomic mass is 19.1. The minimum Gasteiger partial charge on any atom is -0.475 e. The van der Waals surface area contributed by atoms with Gasteiger partial charge in [-0.1, -0.05) is 6.07 Å². The highest BCUT2D eigenvalue weighted by Gasteiger charge is 2.13. The lowest BCUT2D eigenvalue weighted by molar-refractivity contribution is 0.0661. The Bertz CT molecular complexity index is 577. The third kappa shape index (κ3) is 2.51. The van der Waals surface area contributed by atoms with Crippen molar-refractivity contribution in [3.05, 3.63) is 53.2 Å². The SMILES string of the molecule is Cc1ccc(F)cc1NCc1ccoc1C(=O)O. The van der Waals surface area contributed by atoms with E-state index in [1.54, 1.807) is 12.1 Å². The summed E-state index contributed by atoms with van der Waals surface area (Å²) in [5, 5.41) is 11.9. The normalized spacial score (nSPS) is 10.3. The number of anilines is 1. The maximum Gasteiger partial charge on any atom is 0.372 e. The molecule has 0 atom stereocenters. The molecule has 94 valence electrons. The van der Waals surface area contributed by atoms with Crippen LogP contribution in [0.4, 0.5) is 10.1 Å². The summed E-state index contributed by atoms with van der Waals surface area (Å²) < 4.78 is 17.9. The molecule has 5 heteroatoms. The zero-order valence-electron chi connectivity index (χ0n) is 9.74. The van der Waals surface area contributed by atoms with E-state index in [-0.39, 0.29) is 18.1 Å². The van der Waals surface area contributed by atoms with E-state index in [4.69, 9.17) is 9.52 Å². The molecule has 18 heavy (non-hydrogen) atoms. The quantitative estimate of drug-likeness (QED) is 0.874. The first-order valence-corrected chi connectivity index (χ1v) is 5.37. The van der Waals surface area contributed by atoms with Crippen molar-refractivity contribution in [2.24, 2.45) is 0 Å². The monoisotopic (exact) mass is 249 g/mol. The standard InChI is InChI=1S/C13H12FNO3/c1-8-2-3-10(14)6-11(8)15-7-9-4-5-18-12(9)13(16)17/h2-6,15H,7H2,1H3,(H,16,17). The minimum atomic E-state index is -1.12. The van der Waals surface area contributed by atoms with Crippen molar-refractivity contribution < 1.29 is 18.7 Å². The van der Waals surface area contributed by atoms with Gasteiger partial charge in [-0.25, -0.2) is 9.18 Å². The van der Waals surface area contributed by atoms with Crippen molar-refractivity contribution in [2.75, 3.05) is 5.32 Å². The maximum atomic E-state index is 13.1. The Morgan fingerprint density at radius 2 is 2.22 bits per heavy atom. The van der Waals surface area contributed by atoms with Crippen LogP contribution in [0.15, 0.2) is 34.9 Å². The molecular weight excluding hydrogens is 237 g/mol. The summed E-state index contributed by atoms with van der Waals surface area (Å²) >= 11 is 0. The number of carbonyl (C=O) groups is 1. The topological polar surface area (TPSA) is 62.5 Å². The Hall–Kier alpha value is -2.30. The van der Waals surface area contributed by atoms with Crippen LogP contribution in [-0.4, -0.2) is 11.1 Å². The maximum absolute atomic E-state index is 13.1. The van der Waals surface area contributed by atoms with Gasteiger partial charge in [0, 0.05) is 17.8 Å². The van der Waals surface area contributed by atoms with Crippen LogP contribution in [0.1, 0.15) is 21.7 Å². The molecule has 0 aliphatic carbocycles. The second-order valence-corrected chi connectivity index (χ2v) is 3.89. The van der Waals surface area contributed by atoms with E-state index in [9.17, 15) is 9.18 Å². The molecule has 0 amide bonds. The number of nitrogens with one attached hydrogen (secondary N) is 1. The molecule has 2 N–H and O–H groups in total. The van der Waals surface area contributed by atoms with E-state index < -0.39 is 5.97 Å². The smallest absolute Gasteiger partial charge is 0.372 e. The average molecular weight is 249 g/mol. The molecule has 0 bridgehead atoms. The first-order valence-electron chi connectivity index (χ1n) is 5.37. The predicted molar refractivity (Wildman–Crippen MR) is 64.1 cm³/mol. The first-order chi connectivity index (χ1) is 8.58. The zero-order valence-corrected chi connectivity index (χ0v) is 9.74. The van der Waals surface area contributed by atoms with Crippen molar-refractivity contribution >= 4 is 11.7 Å². The lowest BCUT2D eigenvalue weighted by Crippen LogP contribution is -2.05. The second-order valence-electron chi connectivity index (χ2n) is 3.89. The summed E-state index contributed by atoms with van der Waals surface area (Å²) in [6.07, 6.45) is 1.32. The molecule has 0 fully saturated rings. The summed E-state index contributed by atoms with van der Waals surface area (Å²) in [5.41, 5.74) is 2.04. The van der Waals surface area contributed by atoms with Gasteiger partial charge in [-0.3, -0.25) is 0 Å². The molecule has 2 aromatic rings. The lowest BCUT2D eigenvalue weighted by Gasteiger charge is -2.08. The molecular formula is C13H12FNO3. The Kier molecular flexibility index (Phi) is 3.32. The van der Waals surface area contributed by atoms with Gasteiger partial charge in [0.25, 0.3) is 0 Å². The largest absolute Gasteiger partial charge is 0.475 e. The van der Waals surface area contributed by atoms with Gasteiger partial charge in [0.15, 0.2) is 0 Å². The Morgan fingerprint density at radius 1 is 1.44 bits per heavy atom. The number of furan rings is 1. The van der Waals surface area contributed by atoms with Gasteiger partial charge in [0.2, 0.25) is 5.76 Å². The number of carboxylic acid groups (broad SMARTS) is 1. The lowest BCUT2D eigenvalue weighted by atomic mass is 10.2. The molecule has 0 aliphatic heterocycles. The highest BCUT2D eigenvalue weighted by Crippen LogP contribution is 2.18. The molecule has 0 saturated heterocycles. The van der Waals surface area contributed by atoms with E-state index in [0.29, 0.717) is 11.3 Å². The molecule has 0 aliphatic rings. The average Bonchev–Trinajstić information content (AvgIpc) is 2.79. The number of rotatable bonds is 4. The number of hydrogen-bond donors (Lipinski definition) is 2. The molecule has 0 unspecified atom stereocenters. The summed E-state index contributed by atoms with van der Waals surface area (Å²) in [6.45, 7) is 2.11. The number of aromatic carboxylic acids is 1. The zero-order chi connectivity index (χ0) is 13.1. The van der Waals surface area contributed by atoms with Crippen LogP contribution in [0, 0.1) is 12.7 Å². The molecule has 0 spiro atoms. The Balaban J connectivity index is 2.14. The number of benzene rings is 1. The van der Waals surface area contributed by atoms with Crippen LogP contribution in [0.25, 0.3) is 0 Å². The molecule has 0 radical (unpaired) electrons. The molecule has 2 rings (SSSR count). The summed E-state index contributed by atoms with van der Waals surface area (Å²) in [5.74, 6) is -1.56. The van der Waals surface area contributed by atoms with Crippen LogP contribution in [0.5, 0.6) is 0 Å². The summed E-state index contributed by atoms with van der Waals surface area (Å²) in [4.78, 5) is 10.8. The van der Waals surface area contributed by atoms with Gasteiger partial charge in [-0.05, 0) is 30.7 Å². The van der Waals surface area contributed by atoms with Crippen LogP contribution < -0.4 is 5.32 Å². The van der Waals surface area contributed by atoms with Crippen molar-refractivity contribution in [3.63, 3.8) is 0 Å². The number of aryl methyl sites for hydroxylation is 1. The predicted octanol–water partition coefficient (Wildman–Crippen LogP) is 3.04. The minimum absolute atomic E-state index is 0.100. The number of hydrogen-bond acceptors (Lipinski definition) is 3. The molecule has 4 nitrogen and oxygen atoms in total. The fraction of sp³-hybridized carbons (Fsp3) is 0.154. The second kappa shape index (κ2) is 4.91. The Labute approximate surface area is 103 Å². The third-order valence-electron chi connectivity index (χ3n) is 2.61. The van der Waals surface area contributed by atoms with Crippen LogP contribution in [-0.2, 0) is 6.54 Å². The van der Waals surface area contributed by atoms with E-state index >= 15 is 0 Å². The van der Waals surface area contributed by atoms with Gasteiger partial charge < -0.3 is 14.8 Å². The van der Waals surface area contributed by atoms with Crippen LogP contribution in [0.2, 0.25) is 0 Å². The van der Waals surface area contributed by atoms with Crippen molar-refractivity contribution in [2.45, 2.75) is 13.5 Å². The van der Waals surface area contributed by atoms with Gasteiger partial charge in [-0.2, -0.15) is 0 Å². The first kappa shape index (κ1) is 12.2. The van der Waals surface area contributed by atoms with E-state index in [2.05, 4.69) is 5.32 Å². The Morgan fingerprint density at radius 3 is 2.94 bits per heavy atom. The van der Waals surface area contributed by atoms with Gasteiger partial charge in [0.1, 0.15) is 5.82 Å². The number of carboxylic acids is 1. The van der Waals surface area contributed by atoms with E-state index in [0.717, 1.165) is 5.56 Å². The third-order valence-corrected chi connectivity index (χ3v) is 2.61. The number of halogens is 1. The summed E-state index contributed by atoms with van der Waals surface area (Å²) in [7, 11) is 0. The van der Waals surface area contributed by atoms with Crippen molar-refractivity contribution in [3.8, 4) is 0 Å². The van der Waals surface area contributed by atoms with Gasteiger partial charge >= 0.3 is 5.97 Å². The highest BCUT2D eigenvalue weighted by molar-refractivity contribution is 5.86. The molecule has 0 saturated carbocycles. The fourth-order valence-electron chi connectivity index (χ4n) is 1.64. The van der Waals surface area contributed by atoms with Crippen LogP contribution in [0.3, 0.4) is 0 Å². The molecule has 1 heterocycles. The van der Waals surface area contributed by atoms with Crippen LogP contribution >= 0.6 is 0 Å². The van der Waals surface area contributed by atoms with Crippen molar-refractivity contribution in [1.82, 2.24) is 0 Å². The summed E-state index contributed by atoms with van der Waals surface area (Å²) in [6, 6.07) is 5.98. The molecule has 1 aromatic heterocycles. The fourth-order valence-corrected chi connectivity index (χ4v) is 1.64. The van der Waals surface area contributed by atoms with E-state index in [1.165, 1.54) is 18.4 Å². The molecule has 1 aromatic carbocycles.